The number of hydrogen-bond donors (Lipinski definition) is 2. The number of aliphatic carboxylic acids is 1. The van der Waals surface area contributed by atoms with Gasteiger partial charge in [0, 0.05) is 11.3 Å². The van der Waals surface area contributed by atoms with Crippen molar-refractivity contribution in [1.82, 2.24) is 5.32 Å². The van der Waals surface area contributed by atoms with E-state index in [0.717, 1.165) is 19.3 Å². The Labute approximate surface area is 119 Å². The number of amides is 1. The molecule has 19 heavy (non-hydrogen) atoms. The number of carboxylic acids is 1. The molecule has 110 valence electrons. The van der Waals surface area contributed by atoms with Crippen LogP contribution in [0.2, 0.25) is 0 Å². The van der Waals surface area contributed by atoms with E-state index in [1.54, 1.807) is 20.8 Å². The van der Waals surface area contributed by atoms with Crippen molar-refractivity contribution in [2.24, 2.45) is 11.3 Å². The molecule has 0 aromatic rings. The van der Waals surface area contributed by atoms with Gasteiger partial charge in [0.1, 0.15) is 5.92 Å². The predicted octanol–water partition coefficient (Wildman–Crippen LogP) is 2.52. The van der Waals surface area contributed by atoms with Gasteiger partial charge in [0.05, 0.1) is 0 Å². The minimum atomic E-state index is -1.04. The SMILES string of the molecule is CSC1CCCC(NC(=O)C(C(=O)O)C(C)(C)C)C1. The van der Waals surface area contributed by atoms with Crippen LogP contribution in [0.1, 0.15) is 46.5 Å². The van der Waals surface area contributed by atoms with E-state index in [9.17, 15) is 14.7 Å². The summed E-state index contributed by atoms with van der Waals surface area (Å²) in [6.45, 7) is 5.37. The second kappa shape index (κ2) is 6.64. The molecule has 0 heterocycles. The number of carbonyl (C=O) groups excluding carboxylic acids is 1. The summed E-state index contributed by atoms with van der Waals surface area (Å²) in [6.07, 6.45) is 6.28. The maximum Gasteiger partial charge on any atom is 0.316 e. The molecule has 1 fully saturated rings. The van der Waals surface area contributed by atoms with Crippen molar-refractivity contribution in [2.45, 2.75) is 57.7 Å². The molecule has 2 N–H and O–H groups in total. The zero-order valence-corrected chi connectivity index (χ0v) is 13.0. The van der Waals surface area contributed by atoms with Crippen LogP contribution in [-0.4, -0.2) is 34.5 Å². The molecular formula is C14H25NO3S. The molecule has 1 amide bonds. The number of hydrogen-bond acceptors (Lipinski definition) is 3. The lowest BCUT2D eigenvalue weighted by Gasteiger charge is -2.32. The Hall–Kier alpha value is -0.710. The summed E-state index contributed by atoms with van der Waals surface area (Å²) in [5.74, 6) is -2.36. The van der Waals surface area contributed by atoms with Crippen LogP contribution in [0.25, 0.3) is 0 Å². The average molecular weight is 287 g/mol. The number of thioether (sulfide) groups is 1. The summed E-state index contributed by atoms with van der Waals surface area (Å²) >= 11 is 1.83. The van der Waals surface area contributed by atoms with Crippen LogP contribution in [0.3, 0.4) is 0 Å². The van der Waals surface area contributed by atoms with E-state index >= 15 is 0 Å². The van der Waals surface area contributed by atoms with Gasteiger partial charge in [0.2, 0.25) is 5.91 Å². The van der Waals surface area contributed by atoms with Crippen LogP contribution in [0.4, 0.5) is 0 Å². The summed E-state index contributed by atoms with van der Waals surface area (Å²) in [6, 6.07) is 0.128. The standard InChI is InChI=1S/C14H25NO3S/c1-14(2,3)11(13(17)18)12(16)15-9-6-5-7-10(8-9)19-4/h9-11H,5-8H2,1-4H3,(H,15,16)(H,17,18). The maximum absolute atomic E-state index is 12.2. The van der Waals surface area contributed by atoms with E-state index < -0.39 is 17.3 Å². The molecule has 0 spiro atoms. The minimum Gasteiger partial charge on any atom is -0.481 e. The third-order valence-electron chi connectivity index (χ3n) is 3.68. The van der Waals surface area contributed by atoms with Gasteiger partial charge in [-0.15, -0.1) is 0 Å². The smallest absolute Gasteiger partial charge is 0.316 e. The van der Waals surface area contributed by atoms with Crippen LogP contribution in [0.15, 0.2) is 0 Å². The van der Waals surface area contributed by atoms with Gasteiger partial charge in [0.15, 0.2) is 0 Å². The second-order valence-electron chi connectivity index (χ2n) is 6.37. The van der Waals surface area contributed by atoms with Crippen molar-refractivity contribution >= 4 is 23.6 Å². The molecule has 0 aliphatic heterocycles. The first-order valence-corrected chi connectivity index (χ1v) is 8.10. The highest BCUT2D eigenvalue weighted by Crippen LogP contribution is 2.29. The summed E-state index contributed by atoms with van der Waals surface area (Å²) in [4.78, 5) is 23.5. The van der Waals surface area contributed by atoms with Gasteiger partial charge < -0.3 is 10.4 Å². The lowest BCUT2D eigenvalue weighted by atomic mass is 9.80. The molecule has 1 rings (SSSR count). The van der Waals surface area contributed by atoms with E-state index in [1.807, 2.05) is 11.8 Å². The highest BCUT2D eigenvalue weighted by Gasteiger charge is 2.38. The molecule has 0 aromatic heterocycles. The lowest BCUT2D eigenvalue weighted by molar-refractivity contribution is -0.151. The van der Waals surface area contributed by atoms with Gasteiger partial charge in [-0.2, -0.15) is 11.8 Å². The van der Waals surface area contributed by atoms with Crippen molar-refractivity contribution in [3.8, 4) is 0 Å². The van der Waals surface area contributed by atoms with Gasteiger partial charge in [0.25, 0.3) is 0 Å². The normalized spacial score (nSPS) is 25.7. The lowest BCUT2D eigenvalue weighted by Crippen LogP contribution is -2.48. The number of carboxylic acid groups (broad SMARTS) is 1. The predicted molar refractivity (Wildman–Crippen MR) is 78.3 cm³/mol. The Balaban J connectivity index is 2.64. The maximum atomic E-state index is 12.2. The first-order valence-electron chi connectivity index (χ1n) is 6.81. The summed E-state index contributed by atoms with van der Waals surface area (Å²) in [7, 11) is 0. The highest BCUT2D eigenvalue weighted by molar-refractivity contribution is 7.99. The fourth-order valence-electron chi connectivity index (χ4n) is 2.65. The van der Waals surface area contributed by atoms with Gasteiger partial charge in [-0.05, 0) is 30.9 Å². The summed E-state index contributed by atoms with van der Waals surface area (Å²) < 4.78 is 0. The molecule has 1 saturated carbocycles. The monoisotopic (exact) mass is 287 g/mol. The topological polar surface area (TPSA) is 66.4 Å². The number of rotatable bonds is 4. The number of carbonyl (C=O) groups is 2. The molecular weight excluding hydrogens is 262 g/mol. The first-order chi connectivity index (χ1) is 8.75. The van der Waals surface area contributed by atoms with E-state index in [1.165, 1.54) is 6.42 Å². The highest BCUT2D eigenvalue weighted by atomic mass is 32.2. The van der Waals surface area contributed by atoms with Crippen LogP contribution in [-0.2, 0) is 9.59 Å². The molecule has 0 radical (unpaired) electrons. The molecule has 0 aromatic carbocycles. The molecule has 3 unspecified atom stereocenters. The largest absolute Gasteiger partial charge is 0.481 e. The van der Waals surface area contributed by atoms with E-state index in [0.29, 0.717) is 5.25 Å². The molecule has 0 saturated heterocycles. The zero-order chi connectivity index (χ0) is 14.6. The summed E-state index contributed by atoms with van der Waals surface area (Å²) in [5, 5.41) is 12.8. The van der Waals surface area contributed by atoms with Crippen molar-refractivity contribution in [2.75, 3.05) is 6.26 Å². The third-order valence-corrected chi connectivity index (χ3v) is 4.78. The van der Waals surface area contributed by atoms with Crippen LogP contribution < -0.4 is 5.32 Å². The molecule has 1 aliphatic rings. The fourth-order valence-corrected chi connectivity index (χ4v) is 3.48. The Morgan fingerprint density at radius 1 is 1.32 bits per heavy atom. The Bertz CT molecular complexity index is 338. The second-order valence-corrected chi connectivity index (χ2v) is 7.51. The zero-order valence-electron chi connectivity index (χ0n) is 12.2. The Morgan fingerprint density at radius 2 is 1.95 bits per heavy atom. The number of nitrogens with one attached hydrogen (secondary N) is 1. The van der Waals surface area contributed by atoms with Gasteiger partial charge in [-0.1, -0.05) is 27.2 Å². The Morgan fingerprint density at radius 3 is 2.42 bits per heavy atom. The minimum absolute atomic E-state index is 0.128. The first kappa shape index (κ1) is 16.3. The van der Waals surface area contributed by atoms with Gasteiger partial charge in [-0.25, -0.2) is 0 Å². The Kier molecular flexibility index (Phi) is 5.71. The fraction of sp³-hybridized carbons (Fsp3) is 0.857. The molecule has 5 heteroatoms. The van der Waals surface area contributed by atoms with Crippen LogP contribution in [0, 0.1) is 11.3 Å². The molecule has 0 bridgehead atoms. The van der Waals surface area contributed by atoms with Gasteiger partial charge >= 0.3 is 5.97 Å². The van der Waals surface area contributed by atoms with E-state index in [4.69, 9.17) is 0 Å². The average Bonchev–Trinajstić information content (AvgIpc) is 2.26. The molecule has 3 atom stereocenters. The van der Waals surface area contributed by atoms with Gasteiger partial charge in [-0.3, -0.25) is 9.59 Å². The van der Waals surface area contributed by atoms with Crippen LogP contribution >= 0.6 is 11.8 Å². The van der Waals surface area contributed by atoms with E-state index in [-0.39, 0.29) is 11.9 Å². The summed E-state index contributed by atoms with van der Waals surface area (Å²) in [5.41, 5.74) is -0.566. The van der Waals surface area contributed by atoms with Crippen molar-refractivity contribution in [1.29, 1.82) is 0 Å². The molecule has 4 nitrogen and oxygen atoms in total. The van der Waals surface area contributed by atoms with Crippen LogP contribution in [0.5, 0.6) is 0 Å². The van der Waals surface area contributed by atoms with Crippen molar-refractivity contribution < 1.29 is 14.7 Å². The van der Waals surface area contributed by atoms with E-state index in [2.05, 4.69) is 11.6 Å². The third kappa shape index (κ3) is 4.71. The molecule has 1 aliphatic carbocycles. The van der Waals surface area contributed by atoms with Crippen molar-refractivity contribution in [3.63, 3.8) is 0 Å². The quantitative estimate of drug-likeness (QED) is 0.780. The van der Waals surface area contributed by atoms with Crippen molar-refractivity contribution in [3.05, 3.63) is 0 Å².